The molecule has 0 fully saturated rings. The van der Waals surface area contributed by atoms with Crippen molar-refractivity contribution in [3.8, 4) is 5.88 Å². The number of allylic oxidation sites excluding steroid dienone is 4. The van der Waals surface area contributed by atoms with Crippen LogP contribution in [0, 0.1) is 5.92 Å². The van der Waals surface area contributed by atoms with Gasteiger partial charge in [0.1, 0.15) is 6.61 Å². The van der Waals surface area contributed by atoms with Gasteiger partial charge in [-0.3, -0.25) is 0 Å². The molecule has 4 bridgehead atoms. The molecule has 0 amide bonds. The lowest BCUT2D eigenvalue weighted by Gasteiger charge is -2.26. The molecule has 0 aromatic carbocycles. The first kappa shape index (κ1) is 15.2. The van der Waals surface area contributed by atoms with Crippen molar-refractivity contribution in [2.24, 2.45) is 5.92 Å². The number of nitrogens with one attached hydrogen (secondary N) is 1. The third-order valence-corrected chi connectivity index (χ3v) is 4.59. The lowest BCUT2D eigenvalue weighted by molar-refractivity contribution is 0.175. The molecular formula is C18H22N4O2. The van der Waals surface area contributed by atoms with Gasteiger partial charge in [0.15, 0.2) is 5.65 Å². The zero-order valence-corrected chi connectivity index (χ0v) is 13.8. The minimum atomic E-state index is 0.198. The van der Waals surface area contributed by atoms with Gasteiger partial charge in [0.05, 0.1) is 18.6 Å². The normalized spacial score (nSPS) is 24.6. The standard InChI is InChI=1S/C18H22N4O2/c1-13-14-4-2-5-16(13)23-11-8-19-7-3-10-24-17-6-9-22-18(21-17)15(14)12-20-22/h2,4-6,9,12-14,19H,3,7-8,10-11H2,1H3. The van der Waals surface area contributed by atoms with Gasteiger partial charge in [-0.25, -0.2) is 4.52 Å². The van der Waals surface area contributed by atoms with E-state index in [0.717, 1.165) is 36.5 Å². The summed E-state index contributed by atoms with van der Waals surface area (Å²) in [5.41, 5.74) is 1.95. The Bertz CT molecular complexity index is 780. The summed E-state index contributed by atoms with van der Waals surface area (Å²) in [5.74, 6) is 2.12. The van der Waals surface area contributed by atoms with Crippen molar-refractivity contribution < 1.29 is 9.47 Å². The Morgan fingerprint density at radius 2 is 2.21 bits per heavy atom. The molecule has 2 aromatic rings. The number of hydrogen-bond acceptors (Lipinski definition) is 5. The molecule has 0 spiro atoms. The average molecular weight is 326 g/mol. The number of nitrogens with zero attached hydrogens (tertiary/aromatic N) is 3. The monoisotopic (exact) mass is 326 g/mol. The van der Waals surface area contributed by atoms with E-state index < -0.39 is 0 Å². The van der Waals surface area contributed by atoms with E-state index >= 15 is 0 Å². The van der Waals surface area contributed by atoms with E-state index in [4.69, 9.17) is 9.47 Å². The van der Waals surface area contributed by atoms with Crippen molar-refractivity contribution in [2.45, 2.75) is 19.3 Å². The summed E-state index contributed by atoms with van der Waals surface area (Å²) in [6, 6.07) is 1.86. The smallest absolute Gasteiger partial charge is 0.216 e. The highest BCUT2D eigenvalue weighted by atomic mass is 16.5. The van der Waals surface area contributed by atoms with Crippen LogP contribution < -0.4 is 10.1 Å². The van der Waals surface area contributed by atoms with Crippen molar-refractivity contribution in [2.75, 3.05) is 26.3 Å². The summed E-state index contributed by atoms with van der Waals surface area (Å²) in [5, 5.41) is 7.82. The number of fused-ring (bicyclic) bond motifs is 4. The van der Waals surface area contributed by atoms with E-state index in [-0.39, 0.29) is 11.8 Å². The molecule has 2 aromatic heterocycles. The molecule has 2 atom stereocenters. The fraction of sp³-hybridized carbons (Fsp3) is 0.444. The Morgan fingerprint density at radius 3 is 3.17 bits per heavy atom. The minimum Gasteiger partial charge on any atom is -0.496 e. The molecule has 1 aliphatic heterocycles. The molecular weight excluding hydrogens is 304 g/mol. The Balaban J connectivity index is 1.72. The van der Waals surface area contributed by atoms with Crippen LogP contribution in [-0.2, 0) is 4.74 Å². The van der Waals surface area contributed by atoms with Crippen LogP contribution in [0.25, 0.3) is 5.65 Å². The van der Waals surface area contributed by atoms with Crippen molar-refractivity contribution in [1.82, 2.24) is 19.9 Å². The molecule has 0 saturated carbocycles. The topological polar surface area (TPSA) is 60.7 Å². The third-order valence-electron chi connectivity index (χ3n) is 4.59. The summed E-state index contributed by atoms with van der Waals surface area (Å²) in [6.07, 6.45) is 11.1. The Labute approximate surface area is 141 Å². The molecule has 0 saturated heterocycles. The van der Waals surface area contributed by atoms with E-state index in [2.05, 4.69) is 40.6 Å². The molecule has 2 unspecified atom stereocenters. The summed E-state index contributed by atoms with van der Waals surface area (Å²) in [4.78, 5) is 4.67. The van der Waals surface area contributed by atoms with Crippen LogP contribution in [0.1, 0.15) is 24.8 Å². The third kappa shape index (κ3) is 2.89. The fourth-order valence-electron chi connectivity index (χ4n) is 3.24. The second-order valence-electron chi connectivity index (χ2n) is 6.20. The van der Waals surface area contributed by atoms with Crippen molar-refractivity contribution >= 4 is 5.65 Å². The molecule has 4 rings (SSSR count). The summed E-state index contributed by atoms with van der Waals surface area (Å²) in [7, 11) is 0. The second kappa shape index (κ2) is 6.65. The number of aromatic nitrogens is 3. The van der Waals surface area contributed by atoms with E-state index in [1.807, 2.05) is 18.5 Å². The molecule has 24 heavy (non-hydrogen) atoms. The number of ether oxygens (including phenoxy) is 2. The average Bonchev–Trinajstić information content (AvgIpc) is 3.01. The van der Waals surface area contributed by atoms with Gasteiger partial charge < -0.3 is 14.8 Å². The number of rotatable bonds is 0. The molecule has 6 heteroatoms. The molecule has 6 nitrogen and oxygen atoms in total. The maximum Gasteiger partial charge on any atom is 0.216 e. The quantitative estimate of drug-likeness (QED) is 0.805. The first-order valence-corrected chi connectivity index (χ1v) is 8.52. The zero-order chi connectivity index (χ0) is 16.4. The summed E-state index contributed by atoms with van der Waals surface area (Å²) in [6.45, 7) is 5.25. The van der Waals surface area contributed by atoms with Gasteiger partial charge in [-0.15, -0.1) is 0 Å². The van der Waals surface area contributed by atoms with Crippen LogP contribution >= 0.6 is 0 Å². The highest BCUT2D eigenvalue weighted by Gasteiger charge is 2.27. The van der Waals surface area contributed by atoms with E-state index in [1.54, 1.807) is 4.52 Å². The van der Waals surface area contributed by atoms with Crippen LogP contribution in [0.3, 0.4) is 0 Å². The van der Waals surface area contributed by atoms with Gasteiger partial charge in [0.2, 0.25) is 5.88 Å². The lowest BCUT2D eigenvalue weighted by atomic mass is 9.84. The lowest BCUT2D eigenvalue weighted by Crippen LogP contribution is -2.23. The van der Waals surface area contributed by atoms with Crippen molar-refractivity contribution in [3.05, 3.63) is 48.0 Å². The first-order valence-electron chi connectivity index (χ1n) is 8.52. The number of hydrogen-bond donors (Lipinski definition) is 1. The van der Waals surface area contributed by atoms with E-state index in [0.29, 0.717) is 19.1 Å². The second-order valence-corrected chi connectivity index (χ2v) is 6.20. The Kier molecular flexibility index (Phi) is 4.21. The van der Waals surface area contributed by atoms with E-state index in [9.17, 15) is 0 Å². The van der Waals surface area contributed by atoms with E-state index in [1.165, 1.54) is 0 Å². The van der Waals surface area contributed by atoms with Crippen LogP contribution in [-0.4, -0.2) is 40.9 Å². The highest BCUT2D eigenvalue weighted by Crippen LogP contribution is 2.36. The minimum absolute atomic E-state index is 0.198. The molecule has 2 aliphatic rings. The van der Waals surface area contributed by atoms with Crippen LogP contribution in [0.15, 0.2) is 42.4 Å². The maximum atomic E-state index is 6.00. The van der Waals surface area contributed by atoms with Gasteiger partial charge >= 0.3 is 0 Å². The maximum absolute atomic E-state index is 6.00. The summed E-state index contributed by atoms with van der Waals surface area (Å²) < 4.78 is 13.6. The molecule has 3 heterocycles. The van der Waals surface area contributed by atoms with Crippen molar-refractivity contribution in [3.63, 3.8) is 0 Å². The first-order chi connectivity index (χ1) is 11.8. The highest BCUT2D eigenvalue weighted by molar-refractivity contribution is 5.52. The fourth-order valence-corrected chi connectivity index (χ4v) is 3.24. The SMILES string of the molecule is CC1C2=CC=CC1c1cnn3ccc(nc13)OCCCNCCO2. The predicted molar refractivity (Wildman–Crippen MR) is 91.0 cm³/mol. The van der Waals surface area contributed by atoms with Crippen molar-refractivity contribution in [1.29, 1.82) is 0 Å². The molecule has 1 aliphatic carbocycles. The Hall–Kier alpha value is -2.34. The van der Waals surface area contributed by atoms with Gasteiger partial charge in [0.25, 0.3) is 0 Å². The largest absolute Gasteiger partial charge is 0.496 e. The van der Waals surface area contributed by atoms with Gasteiger partial charge in [-0.2, -0.15) is 10.1 Å². The van der Waals surface area contributed by atoms with Gasteiger partial charge in [-0.1, -0.05) is 19.1 Å². The van der Waals surface area contributed by atoms with Crippen LogP contribution in [0.5, 0.6) is 5.88 Å². The molecule has 126 valence electrons. The zero-order valence-electron chi connectivity index (χ0n) is 13.8. The molecule has 0 radical (unpaired) electrons. The van der Waals surface area contributed by atoms with Gasteiger partial charge in [-0.05, 0) is 19.0 Å². The molecule has 1 N–H and O–H groups in total. The predicted octanol–water partition coefficient (Wildman–Crippen LogP) is 2.29. The van der Waals surface area contributed by atoms with Crippen LogP contribution in [0.2, 0.25) is 0 Å². The Morgan fingerprint density at radius 1 is 1.25 bits per heavy atom. The van der Waals surface area contributed by atoms with Crippen LogP contribution in [0.4, 0.5) is 0 Å². The summed E-state index contributed by atoms with van der Waals surface area (Å²) >= 11 is 0. The van der Waals surface area contributed by atoms with Gasteiger partial charge in [0, 0.05) is 36.2 Å².